The number of hydrogen-bond acceptors (Lipinski definition) is 3. The van der Waals surface area contributed by atoms with Crippen LogP contribution in [-0.4, -0.2) is 31.3 Å². The molecule has 0 saturated heterocycles. The lowest BCUT2D eigenvalue weighted by molar-refractivity contribution is -0.137. The number of carbonyl (C=O) groups excluding carboxylic acids is 1. The zero-order valence-corrected chi connectivity index (χ0v) is 23.4. The molecular weight excluding hydrogens is 428 g/mol. The number of hydrogen-bond donors (Lipinski definition) is 1. The van der Waals surface area contributed by atoms with Crippen molar-refractivity contribution >= 4 is 20.1 Å². The number of ketones is 1. The van der Waals surface area contributed by atoms with E-state index < -0.39 is 14.3 Å². The second kappa shape index (κ2) is 14.3. The molecular formula is C28H50O4Si. The average Bonchev–Trinajstić information content (AvgIpc) is 3.06. The van der Waals surface area contributed by atoms with Gasteiger partial charge in [-0.2, -0.15) is 0 Å². The third kappa shape index (κ3) is 10.7. The molecule has 0 aromatic heterocycles. The number of carbonyl (C=O) groups is 2. The number of carboxylic acid groups (broad SMARTS) is 1. The maximum absolute atomic E-state index is 12.5. The van der Waals surface area contributed by atoms with Gasteiger partial charge in [0.1, 0.15) is 5.78 Å². The molecule has 1 rings (SSSR count). The number of carboxylic acids is 1. The van der Waals surface area contributed by atoms with Crippen LogP contribution in [0.4, 0.5) is 0 Å². The molecule has 0 aliphatic heterocycles. The Bertz CT molecular complexity index is 672. The zero-order valence-electron chi connectivity index (χ0n) is 22.4. The van der Waals surface area contributed by atoms with Gasteiger partial charge < -0.3 is 9.53 Å². The van der Waals surface area contributed by atoms with E-state index in [1.807, 2.05) is 6.08 Å². The molecule has 0 spiro atoms. The molecule has 0 aromatic rings. The van der Waals surface area contributed by atoms with Gasteiger partial charge in [-0.1, -0.05) is 77.7 Å². The van der Waals surface area contributed by atoms with Crippen LogP contribution in [0.15, 0.2) is 23.8 Å². The normalized spacial score (nSPS) is 19.2. The fourth-order valence-corrected chi connectivity index (χ4v) is 5.69. The molecule has 0 saturated carbocycles. The second-order valence-corrected chi connectivity index (χ2v) is 16.2. The lowest BCUT2D eigenvalue weighted by Crippen LogP contribution is -2.45. The number of rotatable bonds is 16. The predicted molar refractivity (Wildman–Crippen MR) is 141 cm³/mol. The van der Waals surface area contributed by atoms with E-state index in [4.69, 9.17) is 9.53 Å². The standard InChI is InChI=1S/C28H50O4Si/c1-8-9-12-15-22(2)26(32-33(6,7)28(3,4)5)21-19-23-18-20-25(29)24(23)16-13-10-11-14-17-27(30)31/h10,13,18,22,24,26H,8-9,11-12,14-17,19-21H2,1-7H3,(H,30,31)/b13-10-/t22?,24-,26+/m1/s1. The Kier molecular flexibility index (Phi) is 12.9. The minimum absolute atomic E-state index is 0.00959. The van der Waals surface area contributed by atoms with Crippen LogP contribution in [0.1, 0.15) is 105 Å². The van der Waals surface area contributed by atoms with Gasteiger partial charge in [-0.05, 0) is 62.6 Å². The van der Waals surface area contributed by atoms with Crippen LogP contribution in [0.25, 0.3) is 0 Å². The Morgan fingerprint density at radius 3 is 2.52 bits per heavy atom. The quantitative estimate of drug-likeness (QED) is 0.138. The molecule has 1 N–H and O–H groups in total. The van der Waals surface area contributed by atoms with Crippen LogP contribution in [-0.2, 0) is 14.0 Å². The van der Waals surface area contributed by atoms with Crippen LogP contribution in [0.3, 0.4) is 0 Å². The molecule has 33 heavy (non-hydrogen) atoms. The largest absolute Gasteiger partial charge is 0.481 e. The van der Waals surface area contributed by atoms with Crippen LogP contribution in [0.2, 0.25) is 18.1 Å². The van der Waals surface area contributed by atoms with Gasteiger partial charge in [0.05, 0.1) is 0 Å². The van der Waals surface area contributed by atoms with Gasteiger partial charge in [0, 0.05) is 24.9 Å². The average molecular weight is 479 g/mol. The first kappa shape index (κ1) is 29.8. The SMILES string of the molecule is CCCCCC(C)[C@H](CCC1=CCC(=O)[C@@H]1C/C=C\CCCC(=O)O)O[Si](C)(C)C(C)(C)C. The Hall–Kier alpha value is -1.20. The zero-order chi connectivity index (χ0) is 25.1. The van der Waals surface area contributed by atoms with E-state index in [0.29, 0.717) is 24.5 Å². The highest BCUT2D eigenvalue weighted by molar-refractivity contribution is 6.74. The summed E-state index contributed by atoms with van der Waals surface area (Å²) < 4.78 is 6.93. The molecule has 1 aliphatic carbocycles. The summed E-state index contributed by atoms with van der Waals surface area (Å²) in [5, 5.41) is 8.93. The van der Waals surface area contributed by atoms with E-state index >= 15 is 0 Å². The minimum Gasteiger partial charge on any atom is -0.481 e. The van der Waals surface area contributed by atoms with E-state index in [2.05, 4.69) is 59.9 Å². The van der Waals surface area contributed by atoms with Crippen molar-refractivity contribution in [2.75, 3.05) is 0 Å². The first-order chi connectivity index (χ1) is 15.4. The van der Waals surface area contributed by atoms with Crippen LogP contribution >= 0.6 is 0 Å². The molecule has 0 heterocycles. The molecule has 0 fully saturated rings. The van der Waals surface area contributed by atoms with Crippen LogP contribution in [0.5, 0.6) is 0 Å². The van der Waals surface area contributed by atoms with Gasteiger partial charge in [-0.3, -0.25) is 9.59 Å². The summed E-state index contributed by atoms with van der Waals surface area (Å²) in [7, 11) is -1.87. The van der Waals surface area contributed by atoms with Gasteiger partial charge >= 0.3 is 5.97 Å². The highest BCUT2D eigenvalue weighted by Gasteiger charge is 2.40. The second-order valence-electron chi connectivity index (χ2n) is 11.4. The van der Waals surface area contributed by atoms with E-state index in [9.17, 15) is 9.59 Å². The molecule has 5 heteroatoms. The Morgan fingerprint density at radius 2 is 1.91 bits per heavy atom. The van der Waals surface area contributed by atoms with E-state index in [-0.39, 0.29) is 23.5 Å². The number of aliphatic carboxylic acids is 1. The predicted octanol–water partition coefficient (Wildman–Crippen LogP) is 8.09. The molecule has 190 valence electrons. The van der Waals surface area contributed by atoms with Gasteiger partial charge in [-0.25, -0.2) is 0 Å². The van der Waals surface area contributed by atoms with Gasteiger partial charge in [0.15, 0.2) is 8.32 Å². The monoisotopic (exact) mass is 478 g/mol. The molecule has 3 atom stereocenters. The summed E-state index contributed by atoms with van der Waals surface area (Å²) in [6.45, 7) is 16.2. The maximum atomic E-state index is 12.5. The summed E-state index contributed by atoms with van der Waals surface area (Å²) in [6.07, 6.45) is 16.3. The highest BCUT2D eigenvalue weighted by Crippen LogP contribution is 2.40. The van der Waals surface area contributed by atoms with Crippen molar-refractivity contribution in [2.24, 2.45) is 11.8 Å². The van der Waals surface area contributed by atoms with Crippen molar-refractivity contribution < 1.29 is 19.1 Å². The van der Waals surface area contributed by atoms with Crippen molar-refractivity contribution in [1.82, 2.24) is 0 Å². The van der Waals surface area contributed by atoms with Crippen LogP contribution in [0, 0.1) is 11.8 Å². The summed E-state index contributed by atoms with van der Waals surface area (Å²) in [5.41, 5.74) is 1.28. The smallest absolute Gasteiger partial charge is 0.303 e. The highest BCUT2D eigenvalue weighted by atomic mass is 28.4. The lowest BCUT2D eigenvalue weighted by atomic mass is 9.89. The molecule has 4 nitrogen and oxygen atoms in total. The molecule has 0 amide bonds. The van der Waals surface area contributed by atoms with Gasteiger partial charge in [0.2, 0.25) is 0 Å². The van der Waals surface area contributed by atoms with Gasteiger partial charge in [-0.15, -0.1) is 0 Å². The molecule has 0 aromatic carbocycles. The molecule has 0 radical (unpaired) electrons. The van der Waals surface area contributed by atoms with E-state index in [1.165, 1.54) is 31.3 Å². The summed E-state index contributed by atoms with van der Waals surface area (Å²) in [6, 6.07) is 0. The Labute approximate surface area is 204 Å². The first-order valence-corrected chi connectivity index (χ1v) is 16.1. The number of allylic oxidation sites excluding steroid dienone is 4. The first-order valence-electron chi connectivity index (χ1n) is 13.1. The topological polar surface area (TPSA) is 63.6 Å². The van der Waals surface area contributed by atoms with Crippen molar-refractivity contribution in [2.45, 2.75) is 129 Å². The number of unbranched alkanes of at least 4 members (excludes halogenated alkanes) is 3. The number of Topliss-reactive ketones (excluding diaryl/α,β-unsaturated/α-hetero) is 1. The fraction of sp³-hybridized carbons (Fsp3) is 0.786. The summed E-state index contributed by atoms with van der Waals surface area (Å²) in [5.74, 6) is 0.0802. The third-order valence-corrected chi connectivity index (χ3v) is 12.1. The van der Waals surface area contributed by atoms with Crippen molar-refractivity contribution in [1.29, 1.82) is 0 Å². The minimum atomic E-state index is -1.87. The Balaban J connectivity index is 2.74. The summed E-state index contributed by atoms with van der Waals surface area (Å²) in [4.78, 5) is 23.2. The molecule has 1 unspecified atom stereocenters. The molecule has 1 aliphatic rings. The van der Waals surface area contributed by atoms with Crippen molar-refractivity contribution in [3.63, 3.8) is 0 Å². The fourth-order valence-electron chi connectivity index (χ4n) is 4.23. The van der Waals surface area contributed by atoms with Crippen LogP contribution < -0.4 is 0 Å². The molecule has 0 bridgehead atoms. The van der Waals surface area contributed by atoms with Crippen molar-refractivity contribution in [3.8, 4) is 0 Å². The van der Waals surface area contributed by atoms with E-state index in [0.717, 1.165) is 25.7 Å². The van der Waals surface area contributed by atoms with Gasteiger partial charge in [0.25, 0.3) is 0 Å². The van der Waals surface area contributed by atoms with E-state index in [1.54, 1.807) is 0 Å². The van der Waals surface area contributed by atoms with Crippen molar-refractivity contribution in [3.05, 3.63) is 23.8 Å². The lowest BCUT2D eigenvalue weighted by Gasteiger charge is -2.41. The third-order valence-electron chi connectivity index (χ3n) is 7.57. The summed E-state index contributed by atoms with van der Waals surface area (Å²) >= 11 is 0. The Morgan fingerprint density at radius 1 is 1.21 bits per heavy atom. The maximum Gasteiger partial charge on any atom is 0.303 e.